The fourth-order valence-corrected chi connectivity index (χ4v) is 13.5. The molecule has 0 radical (unpaired) electrons. The number of rotatable bonds is 2. The minimum atomic E-state index is -0.601. The molecule has 0 N–H and O–H groups in total. The minimum absolute atomic E-state index is 0.00152. The third-order valence-corrected chi connectivity index (χ3v) is 17.4. The van der Waals surface area contributed by atoms with Crippen LogP contribution in [0.4, 0.5) is 34.1 Å². The average Bonchev–Trinajstić information content (AvgIpc) is 4.25. The van der Waals surface area contributed by atoms with E-state index in [0.29, 0.717) is 0 Å². The second kappa shape index (κ2) is 15.3. The summed E-state index contributed by atoms with van der Waals surface area (Å²) >= 11 is 0. The fourth-order valence-electron chi connectivity index (χ4n) is 13.5. The van der Waals surface area contributed by atoms with E-state index in [-0.39, 0.29) is 28.4 Å². The van der Waals surface area contributed by atoms with E-state index in [9.17, 15) is 0 Å². The Bertz CT molecular complexity index is 3990. The number of benzene rings is 8. The molecule has 75 heavy (non-hydrogen) atoms. The smallest absolute Gasteiger partial charge is 0.252 e. The van der Waals surface area contributed by atoms with E-state index in [2.05, 4.69) is 257 Å². The molecule has 2 aromatic heterocycles. The van der Waals surface area contributed by atoms with Crippen LogP contribution >= 0.6 is 0 Å². The van der Waals surface area contributed by atoms with Gasteiger partial charge in [0, 0.05) is 68.9 Å². The number of anilines is 6. The van der Waals surface area contributed by atoms with E-state index in [0.717, 1.165) is 33.3 Å². The summed E-state index contributed by atoms with van der Waals surface area (Å²) in [6.07, 6.45) is 4.05. The van der Waals surface area contributed by atoms with Gasteiger partial charge in [0.2, 0.25) is 0 Å². The Labute approximate surface area is 443 Å². The lowest BCUT2D eigenvalue weighted by molar-refractivity contribution is 0.589. The second-order valence-electron chi connectivity index (χ2n) is 26.0. The summed E-state index contributed by atoms with van der Waals surface area (Å²) in [5, 5.41) is 2.26. The van der Waals surface area contributed by atoms with Gasteiger partial charge in [-0.1, -0.05) is 180 Å². The van der Waals surface area contributed by atoms with Crippen molar-refractivity contribution in [3.63, 3.8) is 0 Å². The monoisotopic (exact) mass is 974 g/mol. The van der Waals surface area contributed by atoms with Gasteiger partial charge in [-0.2, -0.15) is 0 Å². The first kappa shape index (κ1) is 45.9. The van der Waals surface area contributed by atoms with Crippen molar-refractivity contribution in [3.8, 4) is 22.3 Å². The molecule has 2 aliphatic heterocycles. The molecular formula is C70H64BN3O. The molecule has 0 amide bonds. The lowest BCUT2D eigenvalue weighted by Crippen LogP contribution is -2.61. The first-order valence-corrected chi connectivity index (χ1v) is 27.0. The molecule has 0 saturated heterocycles. The van der Waals surface area contributed by atoms with Crippen molar-refractivity contribution in [2.24, 2.45) is 0 Å². The van der Waals surface area contributed by atoms with Crippen molar-refractivity contribution in [1.82, 2.24) is 4.98 Å². The molecule has 1 atom stereocenters. The average molecular weight is 974 g/mol. The Balaban J connectivity index is 1.10. The van der Waals surface area contributed by atoms with Crippen molar-refractivity contribution in [1.29, 1.82) is 0 Å². The number of furan rings is 1. The van der Waals surface area contributed by atoms with Crippen molar-refractivity contribution in [2.45, 2.75) is 110 Å². The van der Waals surface area contributed by atoms with Gasteiger partial charge in [0.25, 0.3) is 6.71 Å². The van der Waals surface area contributed by atoms with Crippen LogP contribution in [0.25, 0.3) is 44.2 Å². The molecule has 368 valence electrons. The molecule has 10 aromatic rings. The summed E-state index contributed by atoms with van der Waals surface area (Å²) in [4.78, 5) is 9.99. The molecular weight excluding hydrogens is 910 g/mol. The number of pyridine rings is 1. The molecule has 0 fully saturated rings. The van der Waals surface area contributed by atoms with E-state index in [1.165, 1.54) is 106 Å². The van der Waals surface area contributed by atoms with Crippen LogP contribution in [-0.4, -0.2) is 11.7 Å². The predicted octanol–water partition coefficient (Wildman–Crippen LogP) is 16.6. The molecule has 8 aromatic carbocycles. The van der Waals surface area contributed by atoms with E-state index in [4.69, 9.17) is 9.40 Å². The quantitative estimate of drug-likeness (QED) is 0.162. The van der Waals surface area contributed by atoms with Crippen LogP contribution in [-0.2, 0) is 27.1 Å². The third kappa shape index (κ3) is 6.40. The highest BCUT2D eigenvalue weighted by Gasteiger charge is 2.54. The molecule has 5 heteroatoms. The van der Waals surface area contributed by atoms with Gasteiger partial charge >= 0.3 is 0 Å². The molecule has 1 unspecified atom stereocenters. The van der Waals surface area contributed by atoms with Crippen molar-refractivity contribution < 1.29 is 4.42 Å². The molecule has 2 aliphatic carbocycles. The highest BCUT2D eigenvalue weighted by atomic mass is 16.3. The zero-order valence-electron chi connectivity index (χ0n) is 45.5. The largest absolute Gasteiger partial charge is 0.456 e. The number of fused-ring (bicyclic) bond motifs is 18. The van der Waals surface area contributed by atoms with Crippen LogP contribution in [0, 0.1) is 0 Å². The Kier molecular flexibility index (Phi) is 9.34. The van der Waals surface area contributed by atoms with Gasteiger partial charge in [0.15, 0.2) is 0 Å². The van der Waals surface area contributed by atoms with Gasteiger partial charge in [-0.15, -0.1) is 0 Å². The Morgan fingerprint density at radius 2 is 0.933 bits per heavy atom. The molecule has 14 rings (SSSR count). The molecule has 1 spiro atoms. The summed E-state index contributed by atoms with van der Waals surface area (Å²) in [6.45, 7) is 27.8. The van der Waals surface area contributed by atoms with E-state index in [1.54, 1.807) is 0 Å². The first-order chi connectivity index (χ1) is 35.7. The summed E-state index contributed by atoms with van der Waals surface area (Å²) in [5.41, 5.74) is 27.2. The lowest BCUT2D eigenvalue weighted by atomic mass is 9.33. The Morgan fingerprint density at radius 1 is 0.427 bits per heavy atom. The number of aromatic nitrogens is 1. The van der Waals surface area contributed by atoms with Gasteiger partial charge in [0.1, 0.15) is 11.2 Å². The van der Waals surface area contributed by atoms with Gasteiger partial charge in [0.05, 0.1) is 5.41 Å². The van der Waals surface area contributed by atoms with E-state index >= 15 is 0 Å². The van der Waals surface area contributed by atoms with Crippen LogP contribution in [0.1, 0.15) is 128 Å². The van der Waals surface area contributed by atoms with Gasteiger partial charge in [-0.05, 0) is 154 Å². The fraction of sp³-hybridized carbons (Fsp3) is 0.243. The van der Waals surface area contributed by atoms with Gasteiger partial charge in [-0.25, -0.2) is 0 Å². The maximum atomic E-state index is 7.61. The molecule has 0 saturated carbocycles. The zero-order valence-corrected chi connectivity index (χ0v) is 45.5. The Hall–Kier alpha value is -7.63. The van der Waals surface area contributed by atoms with E-state index in [1.807, 2.05) is 6.20 Å². The van der Waals surface area contributed by atoms with Crippen molar-refractivity contribution in [3.05, 3.63) is 215 Å². The first-order valence-electron chi connectivity index (χ1n) is 27.0. The number of nitrogens with zero attached hydrogens (tertiary/aromatic N) is 3. The highest BCUT2D eigenvalue weighted by Crippen LogP contribution is 2.64. The minimum Gasteiger partial charge on any atom is -0.456 e. The maximum absolute atomic E-state index is 7.61. The summed E-state index contributed by atoms with van der Waals surface area (Å²) < 4.78 is 7.61. The van der Waals surface area contributed by atoms with Crippen molar-refractivity contribution in [2.75, 3.05) is 9.80 Å². The standard InChI is InChI=1S/C70H64BN3O/c1-66(2,3)41-21-26-45(27-22-41)73-58-35-43(68(7,8)9)25-32-56(58)71-57-38-52-51-31-30-50-48-18-14-16-20-54(48)70(53-19-15-13-17-47(53)49-33-34-72-40-55(49)70)63(50)65(51)75-62(52)39-59(57)74(46-28-23-42(24-29-46)67(4,5)6)61-37-44(69(10,11)12)36-60(73)64(61)71/h13-40H,1-12H3. The molecule has 0 bridgehead atoms. The molecule has 4 heterocycles. The maximum Gasteiger partial charge on any atom is 0.252 e. The summed E-state index contributed by atoms with van der Waals surface area (Å²) in [5.74, 6) is 0. The SMILES string of the molecule is CC(C)(C)c1ccc(N2c3cc(C(C)(C)C)ccc3B3c4cc5c(cc4N(c4ccc(C(C)(C)C)cc4)c4cc(C(C)(C)C)cc2c43)oc2c3c(ccc25)-c2ccccc2C32c3ccccc3-c3ccncc32)cc1. The third-order valence-electron chi connectivity index (χ3n) is 17.4. The summed E-state index contributed by atoms with van der Waals surface area (Å²) in [6, 6.07) is 60.9. The van der Waals surface area contributed by atoms with Crippen LogP contribution in [0.3, 0.4) is 0 Å². The number of hydrogen-bond donors (Lipinski definition) is 0. The van der Waals surface area contributed by atoms with Crippen molar-refractivity contribution >= 4 is 79.2 Å². The normalized spacial score (nSPS) is 16.2. The van der Waals surface area contributed by atoms with Crippen LogP contribution in [0.5, 0.6) is 0 Å². The Morgan fingerprint density at radius 3 is 1.51 bits per heavy atom. The molecule has 4 nitrogen and oxygen atoms in total. The van der Waals surface area contributed by atoms with Gasteiger partial charge < -0.3 is 14.2 Å². The number of hydrogen-bond acceptors (Lipinski definition) is 4. The van der Waals surface area contributed by atoms with Crippen LogP contribution < -0.4 is 26.2 Å². The predicted molar refractivity (Wildman–Crippen MR) is 317 cm³/mol. The van der Waals surface area contributed by atoms with Crippen LogP contribution in [0.2, 0.25) is 0 Å². The molecule has 4 aliphatic rings. The van der Waals surface area contributed by atoms with E-state index < -0.39 is 5.41 Å². The topological polar surface area (TPSA) is 32.5 Å². The van der Waals surface area contributed by atoms with Crippen LogP contribution in [0.15, 0.2) is 175 Å². The second-order valence-corrected chi connectivity index (χ2v) is 26.0. The lowest BCUT2D eigenvalue weighted by Gasteiger charge is -2.45. The van der Waals surface area contributed by atoms with Gasteiger partial charge in [-0.3, -0.25) is 4.98 Å². The zero-order chi connectivity index (χ0) is 51.9. The summed E-state index contributed by atoms with van der Waals surface area (Å²) in [7, 11) is 0. The highest BCUT2D eigenvalue weighted by molar-refractivity contribution is 7.00.